The largest absolute Gasteiger partial charge is 0.466 e. The van der Waals surface area contributed by atoms with Crippen LogP contribution in [0.15, 0.2) is 17.2 Å². The van der Waals surface area contributed by atoms with Crippen LogP contribution in [0.1, 0.15) is 31.6 Å². The first-order valence-corrected chi connectivity index (χ1v) is 8.77. The topological polar surface area (TPSA) is 90.3 Å². The third-order valence-corrected chi connectivity index (χ3v) is 4.60. The van der Waals surface area contributed by atoms with Crippen molar-refractivity contribution in [3.8, 4) is 0 Å². The molecule has 7 nitrogen and oxygen atoms in total. The molecule has 0 aliphatic rings. The number of nitrogens with one attached hydrogen (secondary N) is 1. The number of aromatic nitrogens is 2. The number of hydrogen-bond acceptors (Lipinski definition) is 6. The van der Waals surface area contributed by atoms with Crippen molar-refractivity contribution in [3.05, 3.63) is 27.6 Å². The molecule has 0 atom stereocenters. The zero-order valence-electron chi connectivity index (χ0n) is 13.8. The summed E-state index contributed by atoms with van der Waals surface area (Å²) in [4.78, 5) is 41.5. The number of carbonyl (C=O) groups is 2. The van der Waals surface area contributed by atoms with Crippen molar-refractivity contribution in [2.75, 3.05) is 13.2 Å². The van der Waals surface area contributed by atoms with Crippen LogP contribution < -0.4 is 10.9 Å². The summed E-state index contributed by atoms with van der Waals surface area (Å²) in [5.74, 6) is -0.560. The molecule has 1 N–H and O–H groups in total. The van der Waals surface area contributed by atoms with Gasteiger partial charge in [0, 0.05) is 17.8 Å². The average molecular weight is 351 g/mol. The maximum Gasteiger partial charge on any atom is 0.305 e. The van der Waals surface area contributed by atoms with Crippen molar-refractivity contribution in [3.63, 3.8) is 0 Å². The van der Waals surface area contributed by atoms with E-state index < -0.39 is 0 Å². The maximum atomic E-state index is 12.4. The Morgan fingerprint density at radius 2 is 2.17 bits per heavy atom. The Bertz CT molecular complexity index is 781. The Balaban J connectivity index is 1.90. The van der Waals surface area contributed by atoms with E-state index in [0.717, 1.165) is 11.3 Å². The van der Waals surface area contributed by atoms with E-state index in [2.05, 4.69) is 10.3 Å². The lowest BCUT2D eigenvalue weighted by Crippen LogP contribution is -2.33. The minimum absolute atomic E-state index is 0.0848. The molecule has 2 rings (SSSR count). The van der Waals surface area contributed by atoms with Crippen molar-refractivity contribution in [2.45, 2.75) is 39.7 Å². The lowest BCUT2D eigenvalue weighted by atomic mass is 10.3. The fourth-order valence-corrected chi connectivity index (χ4v) is 3.13. The molecule has 2 aromatic heterocycles. The normalized spacial score (nSPS) is 10.8. The molecular weight excluding hydrogens is 330 g/mol. The van der Waals surface area contributed by atoms with E-state index in [1.807, 2.05) is 13.0 Å². The molecule has 0 saturated carbocycles. The summed E-state index contributed by atoms with van der Waals surface area (Å²) in [7, 11) is 0. The minimum Gasteiger partial charge on any atom is -0.466 e. The van der Waals surface area contributed by atoms with Crippen molar-refractivity contribution in [1.82, 2.24) is 14.9 Å². The molecule has 0 fully saturated rings. The predicted octanol–water partition coefficient (Wildman–Crippen LogP) is 1.48. The number of ether oxygens (including phenoxy) is 1. The second kappa shape index (κ2) is 8.58. The lowest BCUT2D eigenvalue weighted by Gasteiger charge is -2.07. The zero-order chi connectivity index (χ0) is 17.5. The average Bonchev–Trinajstić information content (AvgIpc) is 2.99. The molecule has 24 heavy (non-hydrogen) atoms. The summed E-state index contributed by atoms with van der Waals surface area (Å²) in [6.07, 6.45) is 3.01. The van der Waals surface area contributed by atoms with Crippen LogP contribution in [0, 0.1) is 0 Å². The predicted molar refractivity (Wildman–Crippen MR) is 92.1 cm³/mol. The Labute approximate surface area is 143 Å². The number of aryl methyl sites for hydroxylation is 1. The number of carbonyl (C=O) groups excluding carboxylic acids is 2. The van der Waals surface area contributed by atoms with E-state index >= 15 is 0 Å². The summed E-state index contributed by atoms with van der Waals surface area (Å²) >= 11 is 1.49. The highest BCUT2D eigenvalue weighted by molar-refractivity contribution is 7.18. The number of hydrogen-bond donors (Lipinski definition) is 1. The Kier molecular flexibility index (Phi) is 6.48. The van der Waals surface area contributed by atoms with E-state index in [4.69, 9.17) is 4.74 Å². The molecular formula is C16H21N3O4S. The van der Waals surface area contributed by atoms with Gasteiger partial charge in [-0.25, -0.2) is 4.98 Å². The van der Waals surface area contributed by atoms with Crippen LogP contribution in [-0.4, -0.2) is 34.6 Å². The molecule has 2 aromatic rings. The first-order chi connectivity index (χ1) is 11.5. The van der Waals surface area contributed by atoms with Crippen molar-refractivity contribution in [1.29, 1.82) is 0 Å². The smallest absolute Gasteiger partial charge is 0.305 e. The number of amides is 1. The highest BCUT2D eigenvalue weighted by Crippen LogP contribution is 2.20. The van der Waals surface area contributed by atoms with Crippen LogP contribution in [0.2, 0.25) is 0 Å². The summed E-state index contributed by atoms with van der Waals surface area (Å²) in [5, 5.41) is 3.24. The second-order valence-electron chi connectivity index (χ2n) is 5.22. The van der Waals surface area contributed by atoms with Gasteiger partial charge in [-0.1, -0.05) is 6.92 Å². The zero-order valence-corrected chi connectivity index (χ0v) is 14.6. The van der Waals surface area contributed by atoms with Crippen LogP contribution in [0.5, 0.6) is 0 Å². The van der Waals surface area contributed by atoms with Gasteiger partial charge in [-0.3, -0.25) is 19.0 Å². The van der Waals surface area contributed by atoms with Crippen LogP contribution in [-0.2, 0) is 27.3 Å². The van der Waals surface area contributed by atoms with Gasteiger partial charge in [-0.15, -0.1) is 11.3 Å². The van der Waals surface area contributed by atoms with Gasteiger partial charge in [0.15, 0.2) is 0 Å². The molecule has 0 aliphatic carbocycles. The molecule has 0 aliphatic heterocycles. The molecule has 2 heterocycles. The summed E-state index contributed by atoms with van der Waals surface area (Å²) in [6.45, 7) is 4.40. The SMILES string of the molecule is CCOC(=O)CCCNC(=O)Cn1cnc2sc(CC)cc2c1=O. The number of esters is 1. The van der Waals surface area contributed by atoms with Crippen LogP contribution in [0.25, 0.3) is 10.2 Å². The number of thiophene rings is 1. The molecule has 0 spiro atoms. The van der Waals surface area contributed by atoms with Gasteiger partial charge in [-0.05, 0) is 25.8 Å². The summed E-state index contributed by atoms with van der Waals surface area (Å²) in [5.41, 5.74) is -0.211. The highest BCUT2D eigenvalue weighted by atomic mass is 32.1. The maximum absolute atomic E-state index is 12.4. The van der Waals surface area contributed by atoms with Gasteiger partial charge in [0.05, 0.1) is 18.3 Å². The number of nitrogens with zero attached hydrogens (tertiary/aromatic N) is 2. The fourth-order valence-electron chi connectivity index (χ4n) is 2.20. The first kappa shape index (κ1) is 18.1. The Hall–Kier alpha value is -2.22. The minimum atomic E-state index is -0.284. The fraction of sp³-hybridized carbons (Fsp3) is 0.500. The number of rotatable bonds is 8. The monoisotopic (exact) mass is 351 g/mol. The Morgan fingerprint density at radius 1 is 1.38 bits per heavy atom. The van der Waals surface area contributed by atoms with Crippen LogP contribution >= 0.6 is 11.3 Å². The van der Waals surface area contributed by atoms with Gasteiger partial charge in [0.2, 0.25) is 5.91 Å². The molecule has 130 valence electrons. The molecule has 0 radical (unpaired) electrons. The van der Waals surface area contributed by atoms with E-state index in [9.17, 15) is 14.4 Å². The van der Waals surface area contributed by atoms with Crippen molar-refractivity contribution < 1.29 is 14.3 Å². The van der Waals surface area contributed by atoms with E-state index in [0.29, 0.717) is 29.8 Å². The molecule has 0 aromatic carbocycles. The van der Waals surface area contributed by atoms with Gasteiger partial charge in [-0.2, -0.15) is 0 Å². The van der Waals surface area contributed by atoms with Crippen LogP contribution in [0.4, 0.5) is 0 Å². The quantitative estimate of drug-likeness (QED) is 0.575. The standard InChI is InChI=1S/C16H21N3O4S/c1-3-11-8-12-15(24-11)18-10-19(16(12)22)9-13(20)17-7-5-6-14(21)23-4-2/h8,10H,3-7,9H2,1-2H3,(H,17,20). The first-order valence-electron chi connectivity index (χ1n) is 7.95. The third kappa shape index (κ3) is 4.64. The van der Waals surface area contributed by atoms with Gasteiger partial charge in [0.1, 0.15) is 11.4 Å². The molecule has 0 saturated heterocycles. The number of fused-ring (bicyclic) bond motifs is 1. The summed E-state index contributed by atoms with van der Waals surface area (Å²) < 4.78 is 6.11. The molecule has 1 amide bonds. The van der Waals surface area contributed by atoms with Crippen molar-refractivity contribution >= 4 is 33.4 Å². The van der Waals surface area contributed by atoms with Gasteiger partial charge < -0.3 is 10.1 Å². The second-order valence-corrected chi connectivity index (χ2v) is 6.34. The lowest BCUT2D eigenvalue weighted by molar-refractivity contribution is -0.143. The van der Waals surface area contributed by atoms with E-state index in [-0.39, 0.29) is 30.4 Å². The Morgan fingerprint density at radius 3 is 2.88 bits per heavy atom. The van der Waals surface area contributed by atoms with Crippen LogP contribution in [0.3, 0.4) is 0 Å². The molecule has 0 unspecified atom stereocenters. The van der Waals surface area contributed by atoms with E-state index in [1.54, 1.807) is 6.92 Å². The van der Waals surface area contributed by atoms with Gasteiger partial charge in [0.25, 0.3) is 5.56 Å². The van der Waals surface area contributed by atoms with Crippen molar-refractivity contribution in [2.24, 2.45) is 0 Å². The third-order valence-electron chi connectivity index (χ3n) is 3.42. The van der Waals surface area contributed by atoms with Gasteiger partial charge >= 0.3 is 5.97 Å². The summed E-state index contributed by atoms with van der Waals surface area (Å²) in [6, 6.07) is 1.84. The van der Waals surface area contributed by atoms with E-state index in [1.165, 1.54) is 22.2 Å². The highest BCUT2D eigenvalue weighted by Gasteiger charge is 2.11. The molecule has 0 bridgehead atoms. The molecule has 8 heteroatoms.